The van der Waals surface area contributed by atoms with Gasteiger partial charge in [0.25, 0.3) is 0 Å². The molecule has 138 valence electrons. The van der Waals surface area contributed by atoms with Gasteiger partial charge in [0.15, 0.2) is 5.11 Å². The Morgan fingerprint density at radius 3 is 2.68 bits per heavy atom. The molecule has 0 aliphatic carbocycles. The summed E-state index contributed by atoms with van der Waals surface area (Å²) in [6, 6.07) is 2.15. The minimum Gasteiger partial charge on any atom is -0.376 e. The molecule has 7 heteroatoms. The molecule has 2 fully saturated rings. The molecule has 6 nitrogen and oxygen atoms in total. The minimum absolute atomic E-state index is 0.264. The third-order valence-corrected chi connectivity index (χ3v) is 5.14. The Kier molecular flexibility index (Phi) is 6.45. The summed E-state index contributed by atoms with van der Waals surface area (Å²) in [7, 11) is 0. The zero-order chi connectivity index (χ0) is 17.6. The van der Waals surface area contributed by atoms with Gasteiger partial charge in [-0.25, -0.2) is 0 Å². The van der Waals surface area contributed by atoms with Gasteiger partial charge in [-0.2, -0.15) is 5.10 Å². The van der Waals surface area contributed by atoms with Gasteiger partial charge in [0.05, 0.1) is 18.4 Å². The van der Waals surface area contributed by atoms with Crippen LogP contribution >= 0.6 is 12.2 Å². The van der Waals surface area contributed by atoms with Crippen molar-refractivity contribution in [3.63, 3.8) is 0 Å². The first-order valence-corrected chi connectivity index (χ1v) is 9.51. The Hall–Kier alpha value is -1.44. The lowest BCUT2D eigenvalue weighted by Crippen LogP contribution is -2.37. The van der Waals surface area contributed by atoms with Crippen molar-refractivity contribution in [1.82, 2.24) is 15.3 Å². The highest BCUT2D eigenvalue weighted by Gasteiger charge is 2.18. The van der Waals surface area contributed by atoms with Crippen LogP contribution in [0.4, 0.5) is 0 Å². The van der Waals surface area contributed by atoms with Crippen LogP contribution in [0.2, 0.25) is 0 Å². The second-order valence-corrected chi connectivity index (χ2v) is 7.20. The van der Waals surface area contributed by atoms with Crippen molar-refractivity contribution in [2.75, 3.05) is 19.8 Å². The maximum Gasteiger partial charge on any atom is 0.187 e. The standard InChI is InChI=1S/C18H28N4O2S/c1-13-9-15(14(2)22(13)12-17-6-4-8-24-17)10-20-21-18(25)19-11-16-5-3-7-23-16/h9-10,16-17H,3-8,11-12H2,1-2H3,(H2,19,21,25)/b20-10-/t16-,17-/m0/s1. The number of rotatable bonds is 6. The zero-order valence-corrected chi connectivity index (χ0v) is 15.9. The molecule has 2 atom stereocenters. The van der Waals surface area contributed by atoms with Crippen LogP contribution in [0.1, 0.15) is 42.6 Å². The molecular weight excluding hydrogens is 336 g/mol. The second kappa shape index (κ2) is 8.78. The number of aryl methyl sites for hydroxylation is 1. The first-order valence-electron chi connectivity index (χ1n) is 9.10. The molecule has 0 saturated carbocycles. The van der Waals surface area contributed by atoms with Crippen LogP contribution in [0.5, 0.6) is 0 Å². The van der Waals surface area contributed by atoms with E-state index in [9.17, 15) is 0 Å². The van der Waals surface area contributed by atoms with Crippen LogP contribution in [-0.4, -0.2) is 47.9 Å². The molecule has 2 aliphatic heterocycles. The van der Waals surface area contributed by atoms with Crippen LogP contribution < -0.4 is 10.7 Å². The minimum atomic E-state index is 0.264. The Bertz CT molecular complexity index is 617. The smallest absolute Gasteiger partial charge is 0.187 e. The summed E-state index contributed by atoms with van der Waals surface area (Å²) < 4.78 is 13.6. The van der Waals surface area contributed by atoms with E-state index in [1.807, 2.05) is 6.21 Å². The lowest BCUT2D eigenvalue weighted by atomic mass is 10.2. The normalized spacial score (nSPS) is 23.4. The number of nitrogens with one attached hydrogen (secondary N) is 2. The summed E-state index contributed by atoms with van der Waals surface area (Å²) in [5, 5.41) is 7.95. The summed E-state index contributed by atoms with van der Waals surface area (Å²) in [5.41, 5.74) is 6.42. The first-order chi connectivity index (χ1) is 12.1. The van der Waals surface area contributed by atoms with E-state index >= 15 is 0 Å². The van der Waals surface area contributed by atoms with E-state index in [1.165, 1.54) is 17.8 Å². The second-order valence-electron chi connectivity index (χ2n) is 6.79. The van der Waals surface area contributed by atoms with Crippen LogP contribution in [0, 0.1) is 13.8 Å². The van der Waals surface area contributed by atoms with E-state index < -0.39 is 0 Å². The third-order valence-electron chi connectivity index (χ3n) is 4.91. The van der Waals surface area contributed by atoms with Crippen LogP contribution in [-0.2, 0) is 16.0 Å². The monoisotopic (exact) mass is 364 g/mol. The SMILES string of the molecule is Cc1cc(/C=N\NC(=S)NC[C@@H]2CCCO2)c(C)n1C[C@@H]1CCCO1. The van der Waals surface area contributed by atoms with Gasteiger partial charge in [0.1, 0.15) is 0 Å². The predicted octanol–water partition coefficient (Wildman–Crippen LogP) is 2.26. The average Bonchev–Trinajstić information content (AvgIpc) is 3.33. The summed E-state index contributed by atoms with van der Waals surface area (Å²) in [6.07, 6.45) is 6.96. The highest BCUT2D eigenvalue weighted by Crippen LogP contribution is 2.19. The van der Waals surface area contributed by atoms with Gasteiger partial charge < -0.3 is 19.4 Å². The van der Waals surface area contributed by atoms with E-state index in [2.05, 4.69) is 40.3 Å². The molecule has 0 aromatic carbocycles. The topological polar surface area (TPSA) is 59.8 Å². The highest BCUT2D eigenvalue weighted by atomic mass is 32.1. The third kappa shape index (κ3) is 5.03. The van der Waals surface area contributed by atoms with E-state index in [-0.39, 0.29) is 6.10 Å². The summed E-state index contributed by atoms with van der Waals surface area (Å²) in [5.74, 6) is 0. The van der Waals surface area contributed by atoms with Gasteiger partial charge in [-0.3, -0.25) is 5.43 Å². The molecule has 0 radical (unpaired) electrons. The van der Waals surface area contributed by atoms with Crippen LogP contribution in [0.25, 0.3) is 0 Å². The molecule has 2 aliphatic rings. The van der Waals surface area contributed by atoms with Crippen molar-refractivity contribution in [1.29, 1.82) is 0 Å². The molecule has 0 bridgehead atoms. The van der Waals surface area contributed by atoms with Crippen molar-refractivity contribution in [2.24, 2.45) is 5.10 Å². The summed E-state index contributed by atoms with van der Waals surface area (Å²) in [6.45, 7) is 7.64. The fourth-order valence-corrected chi connectivity index (χ4v) is 3.58. The lowest BCUT2D eigenvalue weighted by Gasteiger charge is -2.14. The largest absolute Gasteiger partial charge is 0.376 e. The average molecular weight is 365 g/mol. The summed E-state index contributed by atoms with van der Waals surface area (Å²) >= 11 is 5.25. The molecule has 1 aromatic rings. The highest BCUT2D eigenvalue weighted by molar-refractivity contribution is 7.80. The number of hydrogen-bond acceptors (Lipinski definition) is 4. The van der Waals surface area contributed by atoms with Crippen molar-refractivity contribution in [2.45, 2.75) is 58.3 Å². The molecule has 2 N–H and O–H groups in total. The molecule has 2 saturated heterocycles. The van der Waals surface area contributed by atoms with Crippen molar-refractivity contribution < 1.29 is 9.47 Å². The Balaban J connectivity index is 1.49. The van der Waals surface area contributed by atoms with E-state index in [1.54, 1.807) is 0 Å². The number of ether oxygens (including phenoxy) is 2. The molecule has 0 spiro atoms. The number of hydrogen-bond donors (Lipinski definition) is 2. The van der Waals surface area contributed by atoms with E-state index in [4.69, 9.17) is 21.7 Å². The molecular formula is C18H28N4O2S. The molecule has 1 aromatic heterocycles. The Labute approximate surface area is 154 Å². The first kappa shape index (κ1) is 18.4. The Morgan fingerprint density at radius 1 is 1.28 bits per heavy atom. The number of thiocarbonyl (C=S) groups is 1. The summed E-state index contributed by atoms with van der Waals surface area (Å²) in [4.78, 5) is 0. The number of nitrogens with zero attached hydrogens (tertiary/aromatic N) is 2. The van der Waals surface area contributed by atoms with Crippen LogP contribution in [0.15, 0.2) is 11.2 Å². The lowest BCUT2D eigenvalue weighted by molar-refractivity contribution is 0.0962. The Morgan fingerprint density at radius 2 is 2.00 bits per heavy atom. The fraction of sp³-hybridized carbons (Fsp3) is 0.667. The van der Waals surface area contributed by atoms with Crippen LogP contribution in [0.3, 0.4) is 0 Å². The maximum atomic E-state index is 5.76. The quantitative estimate of drug-likeness (QED) is 0.461. The molecule has 25 heavy (non-hydrogen) atoms. The molecule has 3 heterocycles. The van der Waals surface area contributed by atoms with E-state index in [0.29, 0.717) is 11.2 Å². The van der Waals surface area contributed by atoms with Gasteiger partial charge >= 0.3 is 0 Å². The van der Waals surface area contributed by atoms with Crippen molar-refractivity contribution in [3.05, 3.63) is 23.0 Å². The maximum absolute atomic E-state index is 5.76. The van der Waals surface area contributed by atoms with Gasteiger partial charge in [0, 0.05) is 43.3 Å². The number of aromatic nitrogens is 1. The van der Waals surface area contributed by atoms with Gasteiger partial charge in [0.2, 0.25) is 0 Å². The van der Waals surface area contributed by atoms with E-state index in [0.717, 1.165) is 51.1 Å². The van der Waals surface area contributed by atoms with Crippen molar-refractivity contribution >= 4 is 23.5 Å². The zero-order valence-electron chi connectivity index (χ0n) is 15.1. The molecule has 0 amide bonds. The fourth-order valence-electron chi connectivity index (χ4n) is 3.44. The number of hydrazone groups is 1. The van der Waals surface area contributed by atoms with Gasteiger partial charge in [-0.1, -0.05) is 0 Å². The molecule has 0 unspecified atom stereocenters. The van der Waals surface area contributed by atoms with Gasteiger partial charge in [-0.15, -0.1) is 0 Å². The molecule has 3 rings (SSSR count). The van der Waals surface area contributed by atoms with Gasteiger partial charge in [-0.05, 0) is 57.8 Å². The van der Waals surface area contributed by atoms with Crippen molar-refractivity contribution in [3.8, 4) is 0 Å². The predicted molar refractivity (Wildman–Crippen MR) is 103 cm³/mol.